The molecule has 1 aromatic heterocycles. The number of carbonyl (C=O) groups excluding carboxylic acids is 1. The molecule has 1 aliphatic rings. The molecule has 0 aliphatic carbocycles. The Hall–Kier alpha value is -3.04. The van der Waals surface area contributed by atoms with Gasteiger partial charge < -0.3 is 4.90 Å². The number of carbonyl (C=O) groups is 1. The van der Waals surface area contributed by atoms with Crippen LogP contribution >= 0.6 is 0 Å². The van der Waals surface area contributed by atoms with Crippen LogP contribution in [-0.2, 0) is 27.7 Å². The number of nitrogens with one attached hydrogen (secondary N) is 1. The Balaban J connectivity index is 1.28. The van der Waals surface area contributed by atoms with E-state index in [0.717, 1.165) is 61.0 Å². The number of unbranched alkanes of at least 4 members (excludes halogenated alkanes) is 2. The second-order valence-corrected chi connectivity index (χ2v) is 11.0. The highest BCUT2D eigenvalue weighted by Crippen LogP contribution is 2.30. The van der Waals surface area contributed by atoms with Gasteiger partial charge in [0.15, 0.2) is 0 Å². The Morgan fingerprint density at radius 1 is 1.14 bits per heavy atom. The molecular formula is C26H31FN4O3S. The SMILES string of the molecule is CC(=O)N1CCCc2cc(S(=O)(=O)N(C)CCCCCc3cc(-c4cccc(F)c4)n[nH]3)ccc21. The first kappa shape index (κ1) is 25.1. The zero-order chi connectivity index (χ0) is 25.0. The summed E-state index contributed by atoms with van der Waals surface area (Å²) in [6.07, 6.45) is 4.87. The summed E-state index contributed by atoms with van der Waals surface area (Å²) in [5.41, 5.74) is 4.12. The predicted octanol–water partition coefficient (Wildman–Crippen LogP) is 4.55. The van der Waals surface area contributed by atoms with E-state index in [-0.39, 0.29) is 16.6 Å². The average Bonchev–Trinajstić information content (AvgIpc) is 3.32. The zero-order valence-corrected chi connectivity index (χ0v) is 20.9. The quantitative estimate of drug-likeness (QED) is 0.439. The summed E-state index contributed by atoms with van der Waals surface area (Å²) in [5.74, 6) is -0.321. The number of aromatic amines is 1. The Labute approximate surface area is 206 Å². The molecule has 0 spiro atoms. The molecule has 1 N–H and O–H groups in total. The first-order chi connectivity index (χ1) is 16.8. The zero-order valence-electron chi connectivity index (χ0n) is 20.1. The van der Waals surface area contributed by atoms with Crippen LogP contribution in [0.15, 0.2) is 53.4 Å². The minimum absolute atomic E-state index is 0.0287. The summed E-state index contributed by atoms with van der Waals surface area (Å²) in [6.45, 7) is 2.62. The first-order valence-corrected chi connectivity index (χ1v) is 13.4. The van der Waals surface area contributed by atoms with Gasteiger partial charge in [-0.2, -0.15) is 5.10 Å². The minimum Gasteiger partial charge on any atom is -0.312 e. The standard InChI is InChI=1S/C26H31FN4O3S/c1-19(32)31-15-7-9-21-17-24(12-13-26(21)31)35(33,34)30(2)14-5-3-4-11-23-18-25(29-28-23)20-8-6-10-22(27)16-20/h6,8,10,12-13,16-18H,3-5,7,9,11,14-15H2,1-2H3,(H,28,29). The van der Waals surface area contributed by atoms with Crippen molar-refractivity contribution in [1.29, 1.82) is 0 Å². The van der Waals surface area contributed by atoms with Crippen molar-refractivity contribution >= 4 is 21.6 Å². The number of H-pyrrole nitrogens is 1. The number of rotatable bonds is 9. The third-order valence-electron chi connectivity index (χ3n) is 6.43. The van der Waals surface area contributed by atoms with E-state index in [1.54, 1.807) is 36.2 Å². The van der Waals surface area contributed by atoms with Crippen LogP contribution in [0.4, 0.5) is 10.1 Å². The lowest BCUT2D eigenvalue weighted by Gasteiger charge is -2.29. The summed E-state index contributed by atoms with van der Waals surface area (Å²) in [6, 6.07) is 13.3. The van der Waals surface area contributed by atoms with E-state index in [0.29, 0.717) is 18.8 Å². The summed E-state index contributed by atoms with van der Waals surface area (Å²) >= 11 is 0. The second-order valence-electron chi connectivity index (χ2n) is 8.99. The van der Waals surface area contributed by atoms with Gasteiger partial charge in [0, 0.05) is 44.0 Å². The maximum atomic E-state index is 13.4. The number of anilines is 1. The number of aryl methyl sites for hydroxylation is 2. The fourth-order valence-electron chi connectivity index (χ4n) is 4.47. The Morgan fingerprint density at radius 2 is 1.97 bits per heavy atom. The monoisotopic (exact) mass is 498 g/mol. The number of sulfonamides is 1. The van der Waals surface area contributed by atoms with Crippen molar-refractivity contribution in [2.45, 2.75) is 50.3 Å². The molecule has 35 heavy (non-hydrogen) atoms. The second kappa shape index (κ2) is 10.7. The van der Waals surface area contributed by atoms with Crippen molar-refractivity contribution in [1.82, 2.24) is 14.5 Å². The van der Waals surface area contributed by atoms with Gasteiger partial charge in [0.05, 0.1) is 10.6 Å². The van der Waals surface area contributed by atoms with Crippen LogP contribution in [0.5, 0.6) is 0 Å². The van der Waals surface area contributed by atoms with Crippen molar-refractivity contribution in [2.75, 3.05) is 25.0 Å². The fraction of sp³-hybridized carbons (Fsp3) is 0.385. The van der Waals surface area contributed by atoms with Crippen LogP contribution in [0.2, 0.25) is 0 Å². The highest BCUT2D eigenvalue weighted by atomic mass is 32.2. The molecule has 9 heteroatoms. The van der Waals surface area contributed by atoms with E-state index in [2.05, 4.69) is 10.2 Å². The van der Waals surface area contributed by atoms with Crippen molar-refractivity contribution in [3.63, 3.8) is 0 Å². The van der Waals surface area contributed by atoms with Crippen molar-refractivity contribution < 1.29 is 17.6 Å². The van der Waals surface area contributed by atoms with E-state index in [4.69, 9.17) is 0 Å². The lowest BCUT2D eigenvalue weighted by atomic mass is 10.0. The summed E-state index contributed by atoms with van der Waals surface area (Å²) in [7, 11) is -1.99. The van der Waals surface area contributed by atoms with Gasteiger partial charge in [0.1, 0.15) is 5.82 Å². The molecule has 1 amide bonds. The molecule has 0 unspecified atom stereocenters. The number of hydrogen-bond donors (Lipinski definition) is 1. The maximum absolute atomic E-state index is 13.4. The van der Waals surface area contributed by atoms with E-state index in [1.807, 2.05) is 12.1 Å². The van der Waals surface area contributed by atoms with Gasteiger partial charge in [-0.25, -0.2) is 17.1 Å². The maximum Gasteiger partial charge on any atom is 0.242 e. The molecule has 4 rings (SSSR count). The highest BCUT2D eigenvalue weighted by Gasteiger charge is 2.25. The van der Waals surface area contributed by atoms with Crippen LogP contribution in [0.3, 0.4) is 0 Å². The molecule has 7 nitrogen and oxygen atoms in total. The molecule has 1 aliphatic heterocycles. The number of hydrogen-bond acceptors (Lipinski definition) is 4. The number of aromatic nitrogens is 2. The van der Waals surface area contributed by atoms with Gasteiger partial charge in [0.25, 0.3) is 0 Å². The van der Waals surface area contributed by atoms with E-state index < -0.39 is 10.0 Å². The lowest BCUT2D eigenvalue weighted by molar-refractivity contribution is -0.116. The average molecular weight is 499 g/mol. The van der Waals surface area contributed by atoms with Gasteiger partial charge in [0.2, 0.25) is 15.9 Å². The normalized spacial score (nSPS) is 13.8. The predicted molar refractivity (Wildman–Crippen MR) is 134 cm³/mol. The van der Waals surface area contributed by atoms with E-state index in [1.165, 1.54) is 23.4 Å². The molecule has 2 heterocycles. The Bertz CT molecular complexity index is 1310. The van der Waals surface area contributed by atoms with Crippen LogP contribution in [0.25, 0.3) is 11.3 Å². The lowest BCUT2D eigenvalue weighted by Crippen LogP contribution is -2.34. The molecule has 0 bridgehead atoms. The van der Waals surface area contributed by atoms with Gasteiger partial charge >= 0.3 is 0 Å². The summed E-state index contributed by atoms with van der Waals surface area (Å²) in [5, 5.41) is 7.27. The van der Waals surface area contributed by atoms with Gasteiger partial charge in [-0.3, -0.25) is 9.89 Å². The summed E-state index contributed by atoms with van der Waals surface area (Å²) < 4.78 is 41.0. The van der Waals surface area contributed by atoms with Crippen molar-refractivity contribution in [3.05, 3.63) is 65.6 Å². The third-order valence-corrected chi connectivity index (χ3v) is 8.28. The van der Waals surface area contributed by atoms with Crippen molar-refractivity contribution in [3.8, 4) is 11.3 Å². The number of fused-ring (bicyclic) bond motifs is 1. The Kier molecular flexibility index (Phi) is 7.66. The molecular weight excluding hydrogens is 467 g/mol. The fourth-order valence-corrected chi connectivity index (χ4v) is 5.73. The van der Waals surface area contributed by atoms with Crippen LogP contribution < -0.4 is 4.90 Å². The molecule has 186 valence electrons. The molecule has 0 radical (unpaired) electrons. The first-order valence-electron chi connectivity index (χ1n) is 11.9. The van der Waals surface area contributed by atoms with E-state index in [9.17, 15) is 17.6 Å². The Morgan fingerprint density at radius 3 is 2.74 bits per heavy atom. The number of nitrogens with zero attached hydrogens (tertiary/aromatic N) is 3. The number of halogens is 1. The molecule has 3 aromatic rings. The van der Waals surface area contributed by atoms with Crippen LogP contribution in [-0.4, -0.2) is 49.0 Å². The highest BCUT2D eigenvalue weighted by molar-refractivity contribution is 7.89. The number of benzene rings is 2. The minimum atomic E-state index is -3.60. The molecule has 0 fully saturated rings. The molecule has 2 aromatic carbocycles. The largest absolute Gasteiger partial charge is 0.312 e. The topological polar surface area (TPSA) is 86.4 Å². The van der Waals surface area contributed by atoms with Crippen LogP contribution in [0.1, 0.15) is 43.9 Å². The van der Waals surface area contributed by atoms with Crippen LogP contribution in [0, 0.1) is 5.82 Å². The van der Waals surface area contributed by atoms with Gasteiger partial charge in [-0.1, -0.05) is 18.6 Å². The van der Waals surface area contributed by atoms with E-state index >= 15 is 0 Å². The molecule has 0 saturated heterocycles. The smallest absolute Gasteiger partial charge is 0.242 e. The molecule has 0 saturated carbocycles. The van der Waals surface area contributed by atoms with Gasteiger partial charge in [-0.05, 0) is 74.1 Å². The van der Waals surface area contributed by atoms with Crippen molar-refractivity contribution in [2.24, 2.45) is 0 Å². The molecule has 0 atom stereocenters. The summed E-state index contributed by atoms with van der Waals surface area (Å²) in [4.78, 5) is 13.9. The third kappa shape index (κ3) is 5.79. The van der Waals surface area contributed by atoms with Gasteiger partial charge in [-0.15, -0.1) is 0 Å². The number of amides is 1.